The van der Waals surface area contributed by atoms with E-state index in [1.165, 1.54) is 0 Å². The van der Waals surface area contributed by atoms with E-state index in [4.69, 9.17) is 0 Å². The van der Waals surface area contributed by atoms with E-state index in [1.807, 2.05) is 0 Å². The van der Waals surface area contributed by atoms with E-state index in [9.17, 15) is 9.90 Å². The molecule has 96 valence electrons. The van der Waals surface area contributed by atoms with Crippen LogP contribution in [-0.2, 0) is 4.79 Å². The van der Waals surface area contributed by atoms with Gasteiger partial charge in [-0.2, -0.15) is 0 Å². The van der Waals surface area contributed by atoms with Crippen molar-refractivity contribution >= 4 is 13.9 Å². The highest BCUT2D eigenvalue weighted by Gasteiger charge is 2.34. The molecule has 0 amide bonds. The molecule has 2 atom stereocenters. The Morgan fingerprint density at radius 1 is 1.35 bits per heavy atom. The smallest absolute Gasteiger partial charge is 0.137 e. The first kappa shape index (κ1) is 14.5. The number of aliphatic hydroxyl groups is 1. The van der Waals surface area contributed by atoms with Gasteiger partial charge in [0.05, 0.1) is 12.0 Å². The van der Waals surface area contributed by atoms with Crippen molar-refractivity contribution in [2.45, 2.75) is 64.3 Å². The van der Waals surface area contributed by atoms with Crippen LogP contribution in [0.15, 0.2) is 0 Å². The van der Waals surface area contributed by atoms with Crippen LogP contribution >= 0.6 is 0 Å². The first-order valence-electron chi connectivity index (χ1n) is 6.36. The fraction of sp³-hybridized carbons (Fsp3) is 0.786. The maximum atomic E-state index is 11.4. The maximum absolute atomic E-state index is 11.4. The molecule has 0 saturated heterocycles. The Bertz CT molecular complexity index is 355. The van der Waals surface area contributed by atoms with Crippen molar-refractivity contribution in [2.24, 2.45) is 5.92 Å². The third-order valence-electron chi connectivity index (χ3n) is 4.08. The van der Waals surface area contributed by atoms with Crippen LogP contribution in [0.2, 0.25) is 18.1 Å². The Hall–Kier alpha value is -0.593. The van der Waals surface area contributed by atoms with Crippen molar-refractivity contribution in [3.05, 3.63) is 0 Å². The Balaban J connectivity index is 2.80. The predicted octanol–water partition coefficient (Wildman–Crippen LogP) is 2.77. The number of aliphatic hydroxyl groups excluding tert-OH is 1. The lowest BCUT2D eigenvalue weighted by Crippen LogP contribution is -2.36. The Labute approximate surface area is 106 Å². The van der Waals surface area contributed by atoms with Gasteiger partial charge in [0.1, 0.15) is 13.9 Å². The quantitative estimate of drug-likeness (QED) is 0.532. The maximum Gasteiger partial charge on any atom is 0.137 e. The summed E-state index contributed by atoms with van der Waals surface area (Å²) in [5.74, 6) is 3.30. The highest BCUT2D eigenvalue weighted by Crippen LogP contribution is 2.35. The van der Waals surface area contributed by atoms with Gasteiger partial charge in [-0.3, -0.25) is 4.79 Å². The minimum atomic E-state index is -1.62. The second kappa shape index (κ2) is 4.95. The molecule has 0 aliphatic heterocycles. The molecule has 1 saturated carbocycles. The van der Waals surface area contributed by atoms with Crippen molar-refractivity contribution in [2.75, 3.05) is 0 Å². The van der Waals surface area contributed by atoms with E-state index in [0.717, 1.165) is 0 Å². The lowest BCUT2D eigenvalue weighted by Gasteiger charge is -2.32. The van der Waals surface area contributed by atoms with Crippen LogP contribution in [-0.4, -0.2) is 25.1 Å². The third-order valence-corrected chi connectivity index (χ3v) is 8.60. The normalized spacial score (nSPS) is 26.4. The lowest BCUT2D eigenvalue weighted by molar-refractivity contribution is -0.123. The van der Waals surface area contributed by atoms with E-state index in [0.29, 0.717) is 19.3 Å². The van der Waals surface area contributed by atoms with Crippen molar-refractivity contribution in [1.29, 1.82) is 0 Å². The molecule has 0 heterocycles. The van der Waals surface area contributed by atoms with E-state index < -0.39 is 14.2 Å². The summed E-state index contributed by atoms with van der Waals surface area (Å²) in [5.41, 5.74) is 3.40. The summed E-state index contributed by atoms with van der Waals surface area (Å²) in [5, 5.41) is 10.1. The fourth-order valence-electron chi connectivity index (χ4n) is 1.60. The molecule has 0 aromatic carbocycles. The molecule has 3 heteroatoms. The zero-order valence-corrected chi connectivity index (χ0v) is 12.6. The van der Waals surface area contributed by atoms with Gasteiger partial charge >= 0.3 is 0 Å². The van der Waals surface area contributed by atoms with E-state index in [1.54, 1.807) is 0 Å². The van der Waals surface area contributed by atoms with Gasteiger partial charge in [-0.25, -0.2) is 0 Å². The van der Waals surface area contributed by atoms with Crippen LogP contribution in [0, 0.1) is 17.4 Å². The molecule has 2 nitrogen and oxygen atoms in total. The highest BCUT2D eigenvalue weighted by atomic mass is 28.3. The first-order valence-corrected chi connectivity index (χ1v) is 9.36. The zero-order valence-electron chi connectivity index (χ0n) is 11.6. The third kappa shape index (κ3) is 3.69. The number of rotatable bonds is 0. The summed E-state index contributed by atoms with van der Waals surface area (Å²) in [7, 11) is -1.62. The minimum absolute atomic E-state index is 0.134. The molecule has 0 unspecified atom stereocenters. The topological polar surface area (TPSA) is 37.3 Å². The van der Waals surface area contributed by atoms with E-state index in [2.05, 4.69) is 45.3 Å². The minimum Gasteiger partial charge on any atom is -0.392 e. The van der Waals surface area contributed by atoms with E-state index in [-0.39, 0.29) is 16.7 Å². The van der Waals surface area contributed by atoms with E-state index >= 15 is 0 Å². The average molecular weight is 252 g/mol. The van der Waals surface area contributed by atoms with Gasteiger partial charge in [-0.15, -0.1) is 11.5 Å². The first-order chi connectivity index (χ1) is 7.63. The number of ketones is 1. The Kier molecular flexibility index (Phi) is 4.22. The van der Waals surface area contributed by atoms with Crippen molar-refractivity contribution < 1.29 is 9.90 Å². The molecule has 1 fully saturated rings. The molecular formula is C14H24O2Si. The summed E-state index contributed by atoms with van der Waals surface area (Å²) >= 11 is 0. The summed E-state index contributed by atoms with van der Waals surface area (Å²) in [6, 6.07) is 0. The molecule has 0 aromatic heterocycles. The molecule has 0 aromatic rings. The summed E-state index contributed by atoms with van der Waals surface area (Å²) in [4.78, 5) is 11.4. The Morgan fingerprint density at radius 3 is 2.47 bits per heavy atom. The summed E-state index contributed by atoms with van der Waals surface area (Å²) < 4.78 is 0. The SMILES string of the molecule is CC(C)(C)[Si](C)(C)C#C[C@H]1CC(=O)CC[C@@H]1O. The van der Waals surface area contributed by atoms with Gasteiger partial charge in [0.2, 0.25) is 0 Å². The van der Waals surface area contributed by atoms with Crippen LogP contribution in [0.4, 0.5) is 0 Å². The van der Waals surface area contributed by atoms with Gasteiger partial charge in [0.15, 0.2) is 0 Å². The monoisotopic (exact) mass is 252 g/mol. The van der Waals surface area contributed by atoms with Gasteiger partial charge in [-0.1, -0.05) is 33.9 Å². The van der Waals surface area contributed by atoms with Crippen LogP contribution < -0.4 is 0 Å². The standard InChI is InChI=1S/C14H24O2Si/c1-14(2,3)17(4,5)9-8-11-10-12(15)6-7-13(11)16/h11,13,16H,6-7,10H2,1-5H3/t11-,13-/m0/s1. The molecular weight excluding hydrogens is 228 g/mol. The largest absolute Gasteiger partial charge is 0.392 e. The number of hydrogen-bond donors (Lipinski definition) is 1. The average Bonchev–Trinajstić information content (AvgIpc) is 2.18. The van der Waals surface area contributed by atoms with Crippen LogP contribution in [0.1, 0.15) is 40.0 Å². The summed E-state index contributed by atoms with van der Waals surface area (Å²) in [6.07, 6.45) is 1.11. The number of carbonyl (C=O) groups excluding carboxylic acids is 1. The molecule has 17 heavy (non-hydrogen) atoms. The predicted molar refractivity (Wildman–Crippen MR) is 73.3 cm³/mol. The van der Waals surface area contributed by atoms with Crippen molar-refractivity contribution in [3.63, 3.8) is 0 Å². The number of carbonyl (C=O) groups is 1. The van der Waals surface area contributed by atoms with Gasteiger partial charge in [0.25, 0.3) is 0 Å². The van der Waals surface area contributed by atoms with Crippen LogP contribution in [0.25, 0.3) is 0 Å². The molecule has 1 rings (SSSR count). The molecule has 0 spiro atoms. The van der Waals surface area contributed by atoms with Crippen molar-refractivity contribution in [3.8, 4) is 11.5 Å². The molecule has 1 N–H and O–H groups in total. The molecule has 0 bridgehead atoms. The molecule has 1 aliphatic rings. The second-order valence-corrected chi connectivity index (χ2v) is 11.6. The van der Waals surface area contributed by atoms with Gasteiger partial charge in [-0.05, 0) is 11.5 Å². The van der Waals surface area contributed by atoms with Crippen molar-refractivity contribution in [1.82, 2.24) is 0 Å². The number of hydrogen-bond acceptors (Lipinski definition) is 2. The van der Waals surface area contributed by atoms with Gasteiger partial charge in [0, 0.05) is 12.8 Å². The highest BCUT2D eigenvalue weighted by molar-refractivity contribution is 6.87. The van der Waals surface area contributed by atoms with Crippen LogP contribution in [0.3, 0.4) is 0 Å². The molecule has 1 aliphatic carbocycles. The van der Waals surface area contributed by atoms with Crippen LogP contribution in [0.5, 0.6) is 0 Å². The summed E-state index contributed by atoms with van der Waals surface area (Å²) in [6.45, 7) is 11.1. The van der Waals surface area contributed by atoms with Gasteiger partial charge < -0.3 is 5.11 Å². The fourth-order valence-corrected chi connectivity index (χ4v) is 2.52. The Morgan fingerprint density at radius 2 is 1.94 bits per heavy atom. The second-order valence-electron chi connectivity index (χ2n) is 6.60. The zero-order chi connectivity index (χ0) is 13.3. The lowest BCUT2D eigenvalue weighted by atomic mass is 9.86. The number of Topliss-reactive ketones (excluding diaryl/α,β-unsaturated/α-hetero) is 1. The molecule has 0 radical (unpaired) electrons.